The number of ether oxygens (including phenoxy) is 1. The number of anilines is 1. The number of aryl methyl sites for hydroxylation is 1. The smallest absolute Gasteiger partial charge is 0.218 e. The molecule has 0 spiro atoms. The molecule has 20 heavy (non-hydrogen) atoms. The summed E-state index contributed by atoms with van der Waals surface area (Å²) in [6, 6.07) is 5.72. The molecule has 0 aromatic carbocycles. The maximum absolute atomic E-state index is 5.23. The third-order valence-corrected chi connectivity index (χ3v) is 3.12. The van der Waals surface area contributed by atoms with Crippen molar-refractivity contribution in [3.63, 3.8) is 0 Å². The van der Waals surface area contributed by atoms with Crippen LogP contribution in [-0.4, -0.2) is 22.1 Å². The summed E-state index contributed by atoms with van der Waals surface area (Å²) in [5.41, 5.74) is 0.988. The summed E-state index contributed by atoms with van der Waals surface area (Å²) in [5.74, 6) is 2.26. The SMILES string of the molecule is CCCc1nc(Br)cc(NCc2cccnc2OC)n1. The number of nitrogens with one attached hydrogen (secondary N) is 1. The average Bonchev–Trinajstić information content (AvgIpc) is 2.45. The highest BCUT2D eigenvalue weighted by Crippen LogP contribution is 2.17. The van der Waals surface area contributed by atoms with E-state index >= 15 is 0 Å². The predicted molar refractivity (Wildman–Crippen MR) is 81.8 cm³/mol. The van der Waals surface area contributed by atoms with Crippen LogP contribution in [0.1, 0.15) is 24.7 Å². The van der Waals surface area contributed by atoms with Crippen molar-refractivity contribution in [3.05, 3.63) is 40.4 Å². The first-order chi connectivity index (χ1) is 9.72. The molecule has 2 aromatic heterocycles. The molecule has 0 saturated heterocycles. The summed E-state index contributed by atoms with van der Waals surface area (Å²) in [4.78, 5) is 13.0. The van der Waals surface area contributed by atoms with Crippen LogP contribution in [0.2, 0.25) is 0 Å². The highest BCUT2D eigenvalue weighted by atomic mass is 79.9. The van der Waals surface area contributed by atoms with E-state index in [1.807, 2.05) is 18.2 Å². The molecular formula is C14H17BrN4O. The van der Waals surface area contributed by atoms with Crippen LogP contribution in [0.3, 0.4) is 0 Å². The zero-order chi connectivity index (χ0) is 14.4. The van der Waals surface area contributed by atoms with Crippen molar-refractivity contribution < 1.29 is 4.74 Å². The molecule has 1 N–H and O–H groups in total. The van der Waals surface area contributed by atoms with E-state index < -0.39 is 0 Å². The van der Waals surface area contributed by atoms with E-state index in [4.69, 9.17) is 4.74 Å². The van der Waals surface area contributed by atoms with Crippen molar-refractivity contribution in [2.75, 3.05) is 12.4 Å². The molecule has 0 aliphatic carbocycles. The zero-order valence-electron chi connectivity index (χ0n) is 11.6. The van der Waals surface area contributed by atoms with Gasteiger partial charge in [-0.05, 0) is 28.4 Å². The number of hydrogen-bond acceptors (Lipinski definition) is 5. The van der Waals surface area contributed by atoms with Gasteiger partial charge in [-0.3, -0.25) is 0 Å². The molecule has 2 rings (SSSR count). The lowest BCUT2D eigenvalue weighted by molar-refractivity contribution is 0.393. The number of pyridine rings is 1. The van der Waals surface area contributed by atoms with Crippen LogP contribution in [-0.2, 0) is 13.0 Å². The summed E-state index contributed by atoms with van der Waals surface area (Å²) in [6.07, 6.45) is 3.60. The molecule has 2 heterocycles. The van der Waals surface area contributed by atoms with Gasteiger partial charge >= 0.3 is 0 Å². The number of rotatable bonds is 6. The van der Waals surface area contributed by atoms with E-state index in [-0.39, 0.29) is 0 Å². The zero-order valence-corrected chi connectivity index (χ0v) is 13.1. The van der Waals surface area contributed by atoms with Gasteiger partial charge in [0.2, 0.25) is 5.88 Å². The van der Waals surface area contributed by atoms with Crippen molar-refractivity contribution in [3.8, 4) is 5.88 Å². The lowest BCUT2D eigenvalue weighted by Crippen LogP contribution is -2.06. The van der Waals surface area contributed by atoms with E-state index in [1.54, 1.807) is 13.3 Å². The van der Waals surface area contributed by atoms with Gasteiger partial charge in [0.15, 0.2) is 0 Å². The number of nitrogens with zero attached hydrogens (tertiary/aromatic N) is 3. The summed E-state index contributed by atoms with van der Waals surface area (Å²) in [5, 5.41) is 3.27. The fraction of sp³-hybridized carbons (Fsp3) is 0.357. The van der Waals surface area contributed by atoms with E-state index in [0.717, 1.165) is 34.7 Å². The van der Waals surface area contributed by atoms with Gasteiger partial charge in [0.05, 0.1) is 7.11 Å². The normalized spacial score (nSPS) is 10.3. The van der Waals surface area contributed by atoms with Crippen LogP contribution < -0.4 is 10.1 Å². The van der Waals surface area contributed by atoms with Gasteiger partial charge in [0.25, 0.3) is 0 Å². The van der Waals surface area contributed by atoms with Gasteiger partial charge in [-0.15, -0.1) is 0 Å². The second kappa shape index (κ2) is 7.19. The second-order valence-electron chi connectivity index (χ2n) is 4.27. The maximum atomic E-state index is 5.23. The van der Waals surface area contributed by atoms with E-state index in [0.29, 0.717) is 12.4 Å². The van der Waals surface area contributed by atoms with Crippen molar-refractivity contribution in [2.45, 2.75) is 26.3 Å². The molecule has 2 aromatic rings. The van der Waals surface area contributed by atoms with Gasteiger partial charge in [-0.2, -0.15) is 0 Å². The number of methoxy groups -OCH3 is 1. The van der Waals surface area contributed by atoms with E-state index in [9.17, 15) is 0 Å². The minimum atomic E-state index is 0.603. The fourth-order valence-electron chi connectivity index (χ4n) is 1.82. The van der Waals surface area contributed by atoms with Gasteiger partial charge < -0.3 is 10.1 Å². The molecule has 0 amide bonds. The summed E-state index contributed by atoms with van der Waals surface area (Å²) in [6.45, 7) is 2.71. The molecule has 6 heteroatoms. The highest BCUT2D eigenvalue weighted by molar-refractivity contribution is 9.10. The third-order valence-electron chi connectivity index (χ3n) is 2.72. The van der Waals surface area contributed by atoms with Crippen LogP contribution in [0.4, 0.5) is 5.82 Å². The Morgan fingerprint density at radius 3 is 2.95 bits per heavy atom. The van der Waals surface area contributed by atoms with Crippen LogP contribution in [0.5, 0.6) is 5.88 Å². The molecule has 0 aliphatic heterocycles. The molecule has 0 aliphatic rings. The molecule has 0 fully saturated rings. The fourth-order valence-corrected chi connectivity index (χ4v) is 2.24. The van der Waals surface area contributed by atoms with Crippen LogP contribution in [0.15, 0.2) is 29.0 Å². The van der Waals surface area contributed by atoms with Gasteiger partial charge in [0.1, 0.15) is 16.2 Å². The predicted octanol–water partition coefficient (Wildman–Crippen LogP) is 3.21. The Labute approximate surface area is 127 Å². The minimum Gasteiger partial charge on any atom is -0.481 e. The molecule has 0 radical (unpaired) electrons. The first kappa shape index (κ1) is 14.7. The minimum absolute atomic E-state index is 0.603. The number of aromatic nitrogens is 3. The Hall–Kier alpha value is -1.69. The van der Waals surface area contributed by atoms with E-state index in [2.05, 4.69) is 43.1 Å². The standard InChI is InChI=1S/C14H17BrN4O/c1-3-5-12-18-11(15)8-13(19-12)17-9-10-6-4-7-16-14(10)20-2/h4,6-8H,3,5,9H2,1-2H3,(H,17,18,19). The van der Waals surface area contributed by atoms with Crippen molar-refractivity contribution in [1.29, 1.82) is 0 Å². The van der Waals surface area contributed by atoms with Gasteiger partial charge in [0, 0.05) is 30.8 Å². The molecule has 0 atom stereocenters. The Balaban J connectivity index is 2.10. The lowest BCUT2D eigenvalue weighted by Gasteiger charge is -2.10. The second-order valence-corrected chi connectivity index (χ2v) is 5.08. The molecule has 0 saturated carbocycles. The lowest BCUT2D eigenvalue weighted by atomic mass is 10.2. The van der Waals surface area contributed by atoms with Crippen LogP contribution >= 0.6 is 15.9 Å². The topological polar surface area (TPSA) is 59.9 Å². The highest BCUT2D eigenvalue weighted by Gasteiger charge is 2.05. The molecule has 5 nitrogen and oxygen atoms in total. The Bertz CT molecular complexity index is 577. The first-order valence-electron chi connectivity index (χ1n) is 6.48. The number of hydrogen-bond donors (Lipinski definition) is 1. The monoisotopic (exact) mass is 336 g/mol. The van der Waals surface area contributed by atoms with Gasteiger partial charge in [-0.1, -0.05) is 13.0 Å². The van der Waals surface area contributed by atoms with Crippen molar-refractivity contribution >= 4 is 21.7 Å². The largest absolute Gasteiger partial charge is 0.481 e. The summed E-state index contributed by atoms with van der Waals surface area (Å²) >= 11 is 3.41. The quantitative estimate of drug-likeness (QED) is 0.820. The molecule has 0 unspecified atom stereocenters. The molecular weight excluding hydrogens is 320 g/mol. The van der Waals surface area contributed by atoms with Crippen LogP contribution in [0, 0.1) is 0 Å². The van der Waals surface area contributed by atoms with Crippen molar-refractivity contribution in [2.24, 2.45) is 0 Å². The summed E-state index contributed by atoms with van der Waals surface area (Å²) in [7, 11) is 1.62. The van der Waals surface area contributed by atoms with Crippen molar-refractivity contribution in [1.82, 2.24) is 15.0 Å². The molecule has 0 bridgehead atoms. The van der Waals surface area contributed by atoms with E-state index in [1.165, 1.54) is 0 Å². The summed E-state index contributed by atoms with van der Waals surface area (Å²) < 4.78 is 6.02. The number of halogens is 1. The Morgan fingerprint density at radius 2 is 2.20 bits per heavy atom. The Morgan fingerprint density at radius 1 is 1.35 bits per heavy atom. The average molecular weight is 337 g/mol. The van der Waals surface area contributed by atoms with Crippen LogP contribution in [0.25, 0.3) is 0 Å². The molecule has 106 valence electrons. The first-order valence-corrected chi connectivity index (χ1v) is 7.27. The third kappa shape index (κ3) is 3.90. The van der Waals surface area contributed by atoms with Gasteiger partial charge in [-0.25, -0.2) is 15.0 Å². The maximum Gasteiger partial charge on any atom is 0.218 e. The Kier molecular flexibility index (Phi) is 5.29.